The summed E-state index contributed by atoms with van der Waals surface area (Å²) in [7, 11) is 0. The van der Waals surface area contributed by atoms with Crippen LogP contribution in [0.2, 0.25) is 10.0 Å². The molecule has 0 saturated carbocycles. The molecule has 1 unspecified atom stereocenters. The number of carbonyl (C=O) groups is 3. The molecule has 0 bridgehead atoms. The molecular weight excluding hydrogens is 483 g/mol. The zero-order valence-electron chi connectivity index (χ0n) is 17.5. The Labute approximate surface area is 205 Å². The number of halogens is 2. The molecule has 0 aromatic heterocycles. The second kappa shape index (κ2) is 11.2. The van der Waals surface area contributed by atoms with Crippen molar-refractivity contribution < 1.29 is 19.5 Å². The number of aromatic carboxylic acids is 1. The molecular formula is C24H20Cl2N2O4S. The number of benzene rings is 3. The van der Waals surface area contributed by atoms with E-state index in [1.165, 1.54) is 30.0 Å². The topological polar surface area (TPSA) is 95.5 Å². The Morgan fingerprint density at radius 2 is 1.64 bits per heavy atom. The van der Waals surface area contributed by atoms with Crippen LogP contribution in [0, 0.1) is 0 Å². The van der Waals surface area contributed by atoms with Crippen LogP contribution in [0.4, 0.5) is 11.4 Å². The van der Waals surface area contributed by atoms with E-state index in [1.807, 2.05) is 13.0 Å². The maximum atomic E-state index is 12.8. The van der Waals surface area contributed by atoms with E-state index in [9.17, 15) is 14.4 Å². The highest BCUT2D eigenvalue weighted by Gasteiger charge is 2.19. The molecule has 9 heteroatoms. The lowest BCUT2D eigenvalue weighted by Gasteiger charge is -2.16. The molecule has 0 heterocycles. The quantitative estimate of drug-likeness (QED) is 0.307. The van der Waals surface area contributed by atoms with Gasteiger partial charge in [0.1, 0.15) is 0 Å². The third kappa shape index (κ3) is 6.74. The number of hydrogen-bond acceptors (Lipinski definition) is 4. The first-order valence-electron chi connectivity index (χ1n) is 9.94. The van der Waals surface area contributed by atoms with Gasteiger partial charge in [-0.25, -0.2) is 4.79 Å². The minimum atomic E-state index is -1.06. The van der Waals surface area contributed by atoms with Crippen LogP contribution in [0.1, 0.15) is 34.1 Å². The van der Waals surface area contributed by atoms with Gasteiger partial charge in [0.15, 0.2) is 0 Å². The van der Waals surface area contributed by atoms with Crippen molar-refractivity contribution >= 4 is 64.1 Å². The van der Waals surface area contributed by atoms with Crippen LogP contribution in [0.3, 0.4) is 0 Å². The first-order valence-corrected chi connectivity index (χ1v) is 11.6. The van der Waals surface area contributed by atoms with Crippen molar-refractivity contribution in [2.45, 2.75) is 23.5 Å². The van der Waals surface area contributed by atoms with Crippen molar-refractivity contribution in [1.82, 2.24) is 0 Å². The molecule has 0 aliphatic carbocycles. The summed E-state index contributed by atoms with van der Waals surface area (Å²) in [5.41, 5.74) is 1.37. The van der Waals surface area contributed by atoms with Crippen molar-refractivity contribution in [3.8, 4) is 0 Å². The number of anilines is 2. The van der Waals surface area contributed by atoms with Crippen molar-refractivity contribution in [1.29, 1.82) is 0 Å². The molecule has 2 amide bonds. The van der Waals surface area contributed by atoms with Crippen molar-refractivity contribution in [3.63, 3.8) is 0 Å². The van der Waals surface area contributed by atoms with Crippen LogP contribution in [-0.4, -0.2) is 28.1 Å². The summed E-state index contributed by atoms with van der Waals surface area (Å²) in [6, 6.07) is 17.9. The molecule has 0 saturated heterocycles. The first kappa shape index (κ1) is 24.6. The fourth-order valence-corrected chi connectivity index (χ4v) is 4.47. The Morgan fingerprint density at radius 3 is 2.30 bits per heavy atom. The van der Waals surface area contributed by atoms with Crippen LogP contribution in [0.15, 0.2) is 71.6 Å². The Hall–Kier alpha value is -3.00. The number of carboxylic acids is 1. The van der Waals surface area contributed by atoms with Crippen LogP contribution in [-0.2, 0) is 4.79 Å². The highest BCUT2D eigenvalue weighted by molar-refractivity contribution is 8.00. The predicted molar refractivity (Wildman–Crippen MR) is 133 cm³/mol. The Kier molecular flexibility index (Phi) is 8.38. The third-order valence-electron chi connectivity index (χ3n) is 4.59. The van der Waals surface area contributed by atoms with Crippen molar-refractivity contribution in [2.75, 3.05) is 10.6 Å². The SMILES string of the molecule is CCC(Sc1cccc(NC(=O)c2ccc(Cl)cc2Cl)c1)C(=O)Nc1cccc(C(=O)O)c1. The van der Waals surface area contributed by atoms with E-state index in [0.29, 0.717) is 28.4 Å². The molecule has 170 valence electrons. The maximum Gasteiger partial charge on any atom is 0.335 e. The number of nitrogens with one attached hydrogen (secondary N) is 2. The van der Waals surface area contributed by atoms with E-state index in [1.54, 1.807) is 42.5 Å². The van der Waals surface area contributed by atoms with E-state index >= 15 is 0 Å². The minimum absolute atomic E-state index is 0.0951. The van der Waals surface area contributed by atoms with E-state index in [0.717, 1.165) is 4.90 Å². The fraction of sp³-hybridized carbons (Fsp3) is 0.125. The predicted octanol–water partition coefficient (Wildman–Crippen LogP) is 6.45. The molecule has 3 aromatic carbocycles. The van der Waals surface area contributed by atoms with Gasteiger partial charge in [-0.05, 0) is 61.0 Å². The summed E-state index contributed by atoms with van der Waals surface area (Å²) in [6.07, 6.45) is 0.548. The van der Waals surface area contributed by atoms with E-state index < -0.39 is 11.2 Å². The molecule has 3 N–H and O–H groups in total. The van der Waals surface area contributed by atoms with Crippen LogP contribution in [0.25, 0.3) is 0 Å². The summed E-state index contributed by atoms with van der Waals surface area (Å²) < 4.78 is 0. The molecule has 3 aromatic rings. The van der Waals surface area contributed by atoms with Gasteiger partial charge in [0.25, 0.3) is 5.91 Å². The van der Waals surface area contributed by atoms with Crippen molar-refractivity contribution in [3.05, 3.63) is 87.9 Å². The van der Waals surface area contributed by atoms with Gasteiger partial charge in [0, 0.05) is 21.3 Å². The molecule has 0 aliphatic rings. The molecule has 3 rings (SSSR count). The van der Waals surface area contributed by atoms with Gasteiger partial charge in [-0.1, -0.05) is 42.3 Å². The molecule has 0 radical (unpaired) electrons. The number of amides is 2. The highest BCUT2D eigenvalue weighted by atomic mass is 35.5. The Balaban J connectivity index is 1.68. The number of carbonyl (C=O) groups excluding carboxylic acids is 2. The average molecular weight is 503 g/mol. The Bertz CT molecular complexity index is 1200. The molecule has 0 fully saturated rings. The largest absolute Gasteiger partial charge is 0.478 e. The summed E-state index contributed by atoms with van der Waals surface area (Å²) >= 11 is 13.3. The minimum Gasteiger partial charge on any atom is -0.478 e. The van der Waals surface area contributed by atoms with Gasteiger partial charge in [-0.15, -0.1) is 11.8 Å². The van der Waals surface area contributed by atoms with Gasteiger partial charge in [0.2, 0.25) is 5.91 Å². The second-order valence-corrected chi connectivity index (χ2v) is 9.12. The number of rotatable bonds is 8. The normalized spacial score (nSPS) is 11.5. The number of carboxylic acid groups (broad SMARTS) is 1. The zero-order valence-corrected chi connectivity index (χ0v) is 19.8. The van der Waals surface area contributed by atoms with E-state index in [4.69, 9.17) is 28.3 Å². The van der Waals surface area contributed by atoms with Crippen LogP contribution < -0.4 is 10.6 Å². The fourth-order valence-electron chi connectivity index (χ4n) is 2.96. The molecule has 0 aliphatic heterocycles. The van der Waals surface area contributed by atoms with E-state index in [2.05, 4.69) is 10.6 Å². The smallest absolute Gasteiger partial charge is 0.335 e. The standard InChI is InChI=1S/C24H20Cl2N2O4S/c1-2-21(23(30)28-16-6-3-5-14(11-16)24(31)32)33-18-8-4-7-17(13-18)27-22(29)19-10-9-15(25)12-20(19)26/h3-13,21H,2H2,1H3,(H,27,29)(H,28,30)(H,31,32). The maximum absolute atomic E-state index is 12.8. The van der Waals surface area contributed by atoms with Gasteiger partial charge >= 0.3 is 5.97 Å². The van der Waals surface area contributed by atoms with Gasteiger partial charge < -0.3 is 15.7 Å². The summed E-state index contributed by atoms with van der Waals surface area (Å²) in [5, 5.41) is 15.0. The van der Waals surface area contributed by atoms with Gasteiger partial charge in [0.05, 0.1) is 21.4 Å². The van der Waals surface area contributed by atoms with Crippen LogP contribution >= 0.6 is 35.0 Å². The lowest BCUT2D eigenvalue weighted by atomic mass is 10.2. The molecule has 6 nitrogen and oxygen atoms in total. The summed E-state index contributed by atoms with van der Waals surface area (Å²) in [6.45, 7) is 1.89. The lowest BCUT2D eigenvalue weighted by Crippen LogP contribution is -2.24. The first-order chi connectivity index (χ1) is 15.8. The summed E-state index contributed by atoms with van der Waals surface area (Å²) in [4.78, 5) is 37.3. The average Bonchev–Trinajstić information content (AvgIpc) is 2.77. The van der Waals surface area contributed by atoms with Gasteiger partial charge in [-0.2, -0.15) is 0 Å². The number of hydrogen-bond donors (Lipinski definition) is 3. The van der Waals surface area contributed by atoms with Crippen LogP contribution in [0.5, 0.6) is 0 Å². The molecule has 33 heavy (non-hydrogen) atoms. The molecule has 1 atom stereocenters. The lowest BCUT2D eigenvalue weighted by molar-refractivity contribution is -0.115. The number of thioether (sulfide) groups is 1. The third-order valence-corrected chi connectivity index (χ3v) is 6.49. The molecule has 0 spiro atoms. The zero-order chi connectivity index (χ0) is 24.0. The van der Waals surface area contributed by atoms with E-state index in [-0.39, 0.29) is 22.4 Å². The Morgan fingerprint density at radius 1 is 0.939 bits per heavy atom. The van der Waals surface area contributed by atoms with Crippen molar-refractivity contribution in [2.24, 2.45) is 0 Å². The highest BCUT2D eigenvalue weighted by Crippen LogP contribution is 2.29. The summed E-state index contributed by atoms with van der Waals surface area (Å²) in [5.74, 6) is -1.68. The van der Waals surface area contributed by atoms with Gasteiger partial charge in [-0.3, -0.25) is 9.59 Å². The monoisotopic (exact) mass is 502 g/mol. The second-order valence-electron chi connectivity index (χ2n) is 7.00.